The Hall–Kier alpha value is -0.300. The van der Waals surface area contributed by atoms with Crippen molar-refractivity contribution < 1.29 is 0 Å². The number of hydrogen-bond acceptors (Lipinski definition) is 1. The average molecular weight is 253 g/mol. The summed E-state index contributed by atoms with van der Waals surface area (Å²) in [6.07, 6.45) is 14.5. The van der Waals surface area contributed by atoms with Crippen molar-refractivity contribution in [3.05, 3.63) is 11.6 Å². The van der Waals surface area contributed by atoms with E-state index in [2.05, 4.69) is 46.1 Å². The summed E-state index contributed by atoms with van der Waals surface area (Å²) in [5, 5.41) is 3.37. The fraction of sp³-hybridized carbons (Fsp3) is 0.882. The predicted molar refractivity (Wildman–Crippen MR) is 84.1 cm³/mol. The monoisotopic (exact) mass is 253 g/mol. The van der Waals surface area contributed by atoms with Crippen molar-refractivity contribution in [2.45, 2.75) is 91.0 Å². The van der Waals surface area contributed by atoms with Crippen LogP contribution in [0, 0.1) is 0 Å². The van der Waals surface area contributed by atoms with E-state index in [1.54, 1.807) is 5.57 Å². The second-order valence-corrected chi connectivity index (χ2v) is 6.24. The van der Waals surface area contributed by atoms with Gasteiger partial charge >= 0.3 is 0 Å². The summed E-state index contributed by atoms with van der Waals surface area (Å²) in [5.41, 5.74) is 1.87. The van der Waals surface area contributed by atoms with Crippen LogP contribution in [-0.2, 0) is 0 Å². The standard InChI is InChI=1S/C17H35N/c1-6-7-8-9-10-11-13-16(2)14-12-15-17(3,4)18-5/h13,18H,6-12,14-15H2,1-5H3. The summed E-state index contributed by atoms with van der Waals surface area (Å²) in [7, 11) is 2.05. The van der Waals surface area contributed by atoms with E-state index in [9.17, 15) is 0 Å². The van der Waals surface area contributed by atoms with Crippen LogP contribution in [0.25, 0.3) is 0 Å². The van der Waals surface area contributed by atoms with Gasteiger partial charge in [-0.2, -0.15) is 0 Å². The first kappa shape index (κ1) is 17.7. The van der Waals surface area contributed by atoms with Crippen molar-refractivity contribution in [3.8, 4) is 0 Å². The molecule has 1 nitrogen and oxygen atoms in total. The minimum absolute atomic E-state index is 0.292. The molecule has 0 atom stereocenters. The summed E-state index contributed by atoms with van der Waals surface area (Å²) < 4.78 is 0. The second-order valence-electron chi connectivity index (χ2n) is 6.24. The van der Waals surface area contributed by atoms with E-state index >= 15 is 0 Å². The Balaban J connectivity index is 3.54. The SMILES string of the molecule is CCCCCCCC=C(C)CCCC(C)(C)NC. The zero-order valence-corrected chi connectivity index (χ0v) is 13.4. The van der Waals surface area contributed by atoms with Crippen LogP contribution in [0.2, 0.25) is 0 Å². The lowest BCUT2D eigenvalue weighted by atomic mass is 9.96. The molecular weight excluding hydrogens is 218 g/mol. The molecule has 0 bridgehead atoms. The highest BCUT2D eigenvalue weighted by molar-refractivity contribution is 4.98. The van der Waals surface area contributed by atoms with Gasteiger partial charge in [0, 0.05) is 5.54 Å². The number of hydrogen-bond donors (Lipinski definition) is 1. The number of nitrogens with one attached hydrogen (secondary N) is 1. The van der Waals surface area contributed by atoms with Crippen LogP contribution >= 0.6 is 0 Å². The van der Waals surface area contributed by atoms with Crippen LogP contribution in [0.3, 0.4) is 0 Å². The molecule has 0 aromatic carbocycles. The lowest BCUT2D eigenvalue weighted by Crippen LogP contribution is -2.35. The van der Waals surface area contributed by atoms with E-state index in [1.165, 1.54) is 57.8 Å². The van der Waals surface area contributed by atoms with Crippen molar-refractivity contribution in [1.82, 2.24) is 5.32 Å². The van der Waals surface area contributed by atoms with Crippen molar-refractivity contribution in [2.75, 3.05) is 7.05 Å². The van der Waals surface area contributed by atoms with E-state index in [0.717, 1.165) is 0 Å². The largest absolute Gasteiger partial charge is 0.315 e. The Morgan fingerprint density at radius 2 is 1.72 bits per heavy atom. The summed E-state index contributed by atoms with van der Waals surface area (Å²) in [6.45, 7) is 9.12. The maximum Gasteiger partial charge on any atom is 0.0122 e. The molecular formula is C17H35N. The van der Waals surface area contributed by atoms with Crippen LogP contribution in [-0.4, -0.2) is 12.6 Å². The molecule has 0 saturated heterocycles. The summed E-state index contributed by atoms with van der Waals surface area (Å²) in [5.74, 6) is 0. The van der Waals surface area contributed by atoms with E-state index in [0.29, 0.717) is 5.54 Å². The van der Waals surface area contributed by atoms with Gasteiger partial charge in [0.05, 0.1) is 0 Å². The molecule has 0 aliphatic rings. The Labute approximate surface area is 115 Å². The van der Waals surface area contributed by atoms with Gasteiger partial charge in [-0.25, -0.2) is 0 Å². The zero-order chi connectivity index (χ0) is 13.9. The van der Waals surface area contributed by atoms with Gasteiger partial charge in [-0.3, -0.25) is 0 Å². The van der Waals surface area contributed by atoms with E-state index in [-0.39, 0.29) is 0 Å². The van der Waals surface area contributed by atoms with Gasteiger partial charge in [-0.05, 0) is 59.9 Å². The average Bonchev–Trinajstić information content (AvgIpc) is 2.33. The van der Waals surface area contributed by atoms with Gasteiger partial charge in [-0.15, -0.1) is 0 Å². The molecule has 18 heavy (non-hydrogen) atoms. The van der Waals surface area contributed by atoms with Crippen LogP contribution in [0.4, 0.5) is 0 Å². The lowest BCUT2D eigenvalue weighted by Gasteiger charge is -2.23. The molecule has 0 radical (unpaired) electrons. The number of allylic oxidation sites excluding steroid dienone is 2. The smallest absolute Gasteiger partial charge is 0.0122 e. The van der Waals surface area contributed by atoms with Crippen molar-refractivity contribution in [2.24, 2.45) is 0 Å². The molecule has 0 aliphatic heterocycles. The molecule has 0 aliphatic carbocycles. The molecule has 0 unspecified atom stereocenters. The molecule has 0 fully saturated rings. The lowest BCUT2D eigenvalue weighted by molar-refractivity contribution is 0.382. The predicted octanol–water partition coefficient (Wildman–Crippen LogP) is 5.46. The molecule has 0 spiro atoms. The molecule has 0 aromatic heterocycles. The van der Waals surface area contributed by atoms with Crippen LogP contribution < -0.4 is 5.32 Å². The summed E-state index contributed by atoms with van der Waals surface area (Å²) >= 11 is 0. The van der Waals surface area contributed by atoms with Crippen molar-refractivity contribution in [1.29, 1.82) is 0 Å². The van der Waals surface area contributed by atoms with E-state index in [1.807, 2.05) is 0 Å². The zero-order valence-electron chi connectivity index (χ0n) is 13.4. The first-order valence-corrected chi connectivity index (χ1v) is 7.86. The van der Waals surface area contributed by atoms with Gasteiger partial charge in [-0.1, -0.05) is 44.3 Å². The Morgan fingerprint density at radius 3 is 2.33 bits per heavy atom. The first-order chi connectivity index (χ1) is 8.52. The van der Waals surface area contributed by atoms with Gasteiger partial charge in [0.1, 0.15) is 0 Å². The highest BCUT2D eigenvalue weighted by atomic mass is 14.9. The Bertz CT molecular complexity index is 216. The minimum Gasteiger partial charge on any atom is -0.315 e. The molecule has 0 amide bonds. The fourth-order valence-electron chi connectivity index (χ4n) is 2.13. The van der Waals surface area contributed by atoms with Crippen molar-refractivity contribution in [3.63, 3.8) is 0 Å². The molecule has 108 valence electrons. The van der Waals surface area contributed by atoms with E-state index in [4.69, 9.17) is 0 Å². The Kier molecular flexibility index (Phi) is 10.4. The molecule has 0 aromatic rings. The van der Waals surface area contributed by atoms with Crippen LogP contribution in [0.5, 0.6) is 0 Å². The normalized spacial score (nSPS) is 13.1. The number of unbranched alkanes of at least 4 members (excludes halogenated alkanes) is 5. The third-order valence-corrected chi connectivity index (χ3v) is 3.85. The molecule has 0 rings (SSSR count). The highest BCUT2D eigenvalue weighted by Crippen LogP contribution is 2.16. The van der Waals surface area contributed by atoms with E-state index < -0.39 is 0 Å². The third-order valence-electron chi connectivity index (χ3n) is 3.85. The van der Waals surface area contributed by atoms with Gasteiger partial charge in [0.25, 0.3) is 0 Å². The first-order valence-electron chi connectivity index (χ1n) is 7.86. The Morgan fingerprint density at radius 1 is 1.06 bits per heavy atom. The molecule has 1 N–H and O–H groups in total. The molecule has 1 heteroatoms. The fourth-order valence-corrected chi connectivity index (χ4v) is 2.13. The number of rotatable bonds is 11. The second kappa shape index (κ2) is 10.6. The quantitative estimate of drug-likeness (QED) is 0.381. The summed E-state index contributed by atoms with van der Waals surface area (Å²) in [4.78, 5) is 0. The maximum absolute atomic E-state index is 3.37. The minimum atomic E-state index is 0.292. The molecule has 0 saturated carbocycles. The van der Waals surface area contributed by atoms with Gasteiger partial charge in [0.2, 0.25) is 0 Å². The highest BCUT2D eigenvalue weighted by Gasteiger charge is 2.13. The van der Waals surface area contributed by atoms with Gasteiger partial charge in [0.15, 0.2) is 0 Å². The van der Waals surface area contributed by atoms with Crippen LogP contribution in [0.1, 0.15) is 85.5 Å². The summed E-state index contributed by atoms with van der Waals surface area (Å²) in [6, 6.07) is 0. The maximum atomic E-state index is 3.37. The third kappa shape index (κ3) is 10.8. The van der Waals surface area contributed by atoms with Crippen LogP contribution in [0.15, 0.2) is 11.6 Å². The van der Waals surface area contributed by atoms with Crippen molar-refractivity contribution >= 4 is 0 Å². The topological polar surface area (TPSA) is 12.0 Å². The van der Waals surface area contributed by atoms with Gasteiger partial charge < -0.3 is 5.32 Å². The molecule has 0 heterocycles.